The molecule has 0 bridgehead atoms. The molecule has 0 saturated carbocycles. The Hall–Kier alpha value is -0.580. The van der Waals surface area contributed by atoms with Crippen molar-refractivity contribution in [3.63, 3.8) is 0 Å². The Labute approximate surface area is 108 Å². The van der Waals surface area contributed by atoms with Gasteiger partial charge in [-0.2, -0.15) is 0 Å². The van der Waals surface area contributed by atoms with Crippen LogP contribution in [0.15, 0.2) is 22.7 Å². The van der Waals surface area contributed by atoms with Crippen LogP contribution < -0.4 is 0 Å². The van der Waals surface area contributed by atoms with Crippen LogP contribution in [0.5, 0.6) is 0 Å². The molecule has 3 nitrogen and oxygen atoms in total. The molecular formula is C11H13BrClNO2. The average Bonchev–Trinajstić information content (AvgIpc) is 2.22. The van der Waals surface area contributed by atoms with E-state index in [-0.39, 0.29) is 0 Å². The average molecular weight is 307 g/mol. The summed E-state index contributed by atoms with van der Waals surface area (Å²) in [5.41, 5.74) is 0.909. The van der Waals surface area contributed by atoms with Crippen LogP contribution in [-0.4, -0.2) is 29.1 Å². The van der Waals surface area contributed by atoms with E-state index < -0.39 is 12.0 Å². The highest BCUT2D eigenvalue weighted by Gasteiger charge is 2.17. The van der Waals surface area contributed by atoms with E-state index in [4.69, 9.17) is 16.7 Å². The summed E-state index contributed by atoms with van der Waals surface area (Å²) in [5.74, 6) is -0.839. The second kappa shape index (κ2) is 5.66. The summed E-state index contributed by atoms with van der Waals surface area (Å²) < 4.78 is 0.934. The molecule has 88 valence electrons. The number of carboxylic acid groups (broad SMARTS) is 1. The van der Waals surface area contributed by atoms with Crippen molar-refractivity contribution in [1.29, 1.82) is 0 Å². The Morgan fingerprint density at radius 2 is 2.25 bits per heavy atom. The molecule has 0 spiro atoms. The number of benzene rings is 1. The number of hydrogen-bond acceptors (Lipinski definition) is 2. The minimum Gasteiger partial charge on any atom is -0.480 e. The number of carboxylic acids is 1. The fourth-order valence-electron chi connectivity index (χ4n) is 1.26. The van der Waals surface area contributed by atoms with E-state index in [1.807, 2.05) is 12.1 Å². The Morgan fingerprint density at radius 3 is 2.81 bits per heavy atom. The first-order chi connectivity index (χ1) is 7.41. The monoisotopic (exact) mass is 305 g/mol. The second-order valence-corrected chi connectivity index (χ2v) is 4.99. The second-order valence-electron chi connectivity index (χ2n) is 3.67. The quantitative estimate of drug-likeness (QED) is 0.929. The number of aliphatic carboxylic acids is 1. The van der Waals surface area contributed by atoms with Gasteiger partial charge in [-0.25, -0.2) is 0 Å². The summed E-state index contributed by atoms with van der Waals surface area (Å²) >= 11 is 9.39. The molecule has 0 aliphatic carbocycles. The first kappa shape index (κ1) is 13.5. The topological polar surface area (TPSA) is 40.5 Å². The van der Waals surface area contributed by atoms with Crippen molar-refractivity contribution in [3.8, 4) is 0 Å². The number of rotatable bonds is 4. The minimum atomic E-state index is -0.839. The van der Waals surface area contributed by atoms with Crippen LogP contribution in [0.1, 0.15) is 12.5 Å². The molecule has 1 aromatic rings. The maximum absolute atomic E-state index is 10.8. The van der Waals surface area contributed by atoms with Crippen LogP contribution in [0, 0.1) is 0 Å². The molecule has 0 aliphatic heterocycles. The lowest BCUT2D eigenvalue weighted by molar-refractivity contribution is -0.142. The number of hydrogen-bond donors (Lipinski definition) is 1. The molecule has 1 aromatic carbocycles. The lowest BCUT2D eigenvalue weighted by Gasteiger charge is -2.21. The highest BCUT2D eigenvalue weighted by Crippen LogP contribution is 2.22. The molecular weight excluding hydrogens is 293 g/mol. The summed E-state index contributed by atoms with van der Waals surface area (Å²) in [6, 6.07) is 5.01. The molecule has 0 amide bonds. The van der Waals surface area contributed by atoms with E-state index in [0.717, 1.165) is 10.0 Å². The van der Waals surface area contributed by atoms with Crippen molar-refractivity contribution < 1.29 is 9.90 Å². The number of nitrogens with zero attached hydrogens (tertiary/aromatic N) is 1. The minimum absolute atomic E-state index is 0.506. The Bertz CT molecular complexity index is 398. The molecule has 1 N–H and O–H groups in total. The summed E-state index contributed by atoms with van der Waals surface area (Å²) in [6.45, 7) is 2.15. The first-order valence-electron chi connectivity index (χ1n) is 4.78. The Morgan fingerprint density at radius 1 is 1.62 bits per heavy atom. The molecule has 1 atom stereocenters. The zero-order valence-electron chi connectivity index (χ0n) is 9.08. The van der Waals surface area contributed by atoms with Crippen LogP contribution in [0.2, 0.25) is 5.02 Å². The summed E-state index contributed by atoms with van der Waals surface area (Å²) in [4.78, 5) is 12.5. The zero-order chi connectivity index (χ0) is 12.3. The number of likely N-dealkylation sites (N-methyl/N-ethyl adjacent to an activating group) is 1. The van der Waals surface area contributed by atoms with Crippen molar-refractivity contribution in [2.75, 3.05) is 7.05 Å². The molecule has 0 saturated heterocycles. The van der Waals surface area contributed by atoms with Crippen molar-refractivity contribution in [2.45, 2.75) is 19.5 Å². The van der Waals surface area contributed by atoms with Gasteiger partial charge in [-0.15, -0.1) is 0 Å². The van der Waals surface area contributed by atoms with Gasteiger partial charge in [0, 0.05) is 16.0 Å². The molecule has 0 aromatic heterocycles. The van der Waals surface area contributed by atoms with E-state index in [0.29, 0.717) is 11.6 Å². The lowest BCUT2D eigenvalue weighted by Crippen LogP contribution is -2.35. The normalized spacial score (nSPS) is 12.8. The van der Waals surface area contributed by atoms with Gasteiger partial charge < -0.3 is 5.11 Å². The van der Waals surface area contributed by atoms with Gasteiger partial charge in [0.15, 0.2) is 0 Å². The van der Waals surface area contributed by atoms with Crippen molar-refractivity contribution in [1.82, 2.24) is 4.90 Å². The van der Waals surface area contributed by atoms with Crippen molar-refractivity contribution in [3.05, 3.63) is 33.3 Å². The van der Waals surface area contributed by atoms with Gasteiger partial charge in [0.1, 0.15) is 6.04 Å². The van der Waals surface area contributed by atoms with Crippen molar-refractivity contribution >= 4 is 33.5 Å². The predicted molar refractivity (Wildman–Crippen MR) is 67.7 cm³/mol. The summed E-state index contributed by atoms with van der Waals surface area (Å²) in [7, 11) is 1.76. The Balaban J connectivity index is 2.80. The molecule has 0 fully saturated rings. The molecule has 16 heavy (non-hydrogen) atoms. The molecule has 5 heteroatoms. The van der Waals surface area contributed by atoms with Gasteiger partial charge in [0.2, 0.25) is 0 Å². The Kier molecular flexibility index (Phi) is 4.77. The predicted octanol–water partition coefficient (Wildman–Crippen LogP) is 3.01. The van der Waals surface area contributed by atoms with Crippen molar-refractivity contribution in [2.24, 2.45) is 0 Å². The smallest absolute Gasteiger partial charge is 0.320 e. The van der Waals surface area contributed by atoms with Gasteiger partial charge in [0.05, 0.1) is 0 Å². The molecule has 0 aliphatic rings. The maximum Gasteiger partial charge on any atom is 0.320 e. The standard InChI is InChI=1S/C11H13BrClNO2/c1-7(11(15)16)14(2)6-8-5-9(12)3-4-10(8)13/h3-5,7H,6H2,1-2H3,(H,15,16). The van der Waals surface area contributed by atoms with E-state index in [1.54, 1.807) is 24.9 Å². The summed E-state index contributed by atoms with van der Waals surface area (Å²) in [5, 5.41) is 9.52. The number of carbonyl (C=O) groups is 1. The lowest BCUT2D eigenvalue weighted by atomic mass is 10.2. The van der Waals surface area contributed by atoms with E-state index >= 15 is 0 Å². The summed E-state index contributed by atoms with van der Waals surface area (Å²) in [6.07, 6.45) is 0. The highest BCUT2D eigenvalue weighted by molar-refractivity contribution is 9.10. The van der Waals surface area contributed by atoms with E-state index in [9.17, 15) is 4.79 Å². The van der Waals surface area contributed by atoms with Crippen LogP contribution in [0.25, 0.3) is 0 Å². The first-order valence-corrected chi connectivity index (χ1v) is 5.96. The van der Waals surface area contributed by atoms with Crippen LogP contribution in [0.3, 0.4) is 0 Å². The van der Waals surface area contributed by atoms with Crippen LogP contribution in [0.4, 0.5) is 0 Å². The largest absolute Gasteiger partial charge is 0.480 e. The zero-order valence-corrected chi connectivity index (χ0v) is 11.4. The third-order valence-electron chi connectivity index (χ3n) is 2.45. The van der Waals surface area contributed by atoms with Gasteiger partial charge >= 0.3 is 5.97 Å². The van der Waals surface area contributed by atoms with Gasteiger partial charge in [0.25, 0.3) is 0 Å². The third kappa shape index (κ3) is 3.47. The SMILES string of the molecule is CC(C(=O)O)N(C)Cc1cc(Br)ccc1Cl. The molecule has 0 radical (unpaired) electrons. The van der Waals surface area contributed by atoms with Gasteiger partial charge in [-0.05, 0) is 37.7 Å². The van der Waals surface area contributed by atoms with E-state index in [1.165, 1.54) is 0 Å². The fraction of sp³-hybridized carbons (Fsp3) is 0.364. The molecule has 1 unspecified atom stereocenters. The van der Waals surface area contributed by atoms with Crippen LogP contribution >= 0.6 is 27.5 Å². The van der Waals surface area contributed by atoms with Gasteiger partial charge in [-0.1, -0.05) is 27.5 Å². The van der Waals surface area contributed by atoms with Crippen LogP contribution in [-0.2, 0) is 11.3 Å². The van der Waals surface area contributed by atoms with E-state index in [2.05, 4.69) is 15.9 Å². The fourth-order valence-corrected chi connectivity index (χ4v) is 1.84. The molecule has 0 heterocycles. The number of halogens is 2. The van der Waals surface area contributed by atoms with Gasteiger partial charge in [-0.3, -0.25) is 9.69 Å². The molecule has 1 rings (SSSR count). The highest BCUT2D eigenvalue weighted by atomic mass is 79.9. The third-order valence-corrected chi connectivity index (χ3v) is 3.31. The maximum atomic E-state index is 10.8.